The number of benzene rings is 3. The van der Waals surface area contributed by atoms with Crippen molar-refractivity contribution in [3.05, 3.63) is 87.4 Å². The molecule has 0 aliphatic rings. The maximum atomic E-state index is 12.0. The van der Waals surface area contributed by atoms with Crippen LogP contribution in [-0.4, -0.2) is 17.4 Å². The van der Waals surface area contributed by atoms with Gasteiger partial charge >= 0.3 is 0 Å². The molecule has 0 unspecified atom stereocenters. The number of amides is 1. The highest BCUT2D eigenvalue weighted by atomic mass is 79.9. The van der Waals surface area contributed by atoms with Crippen molar-refractivity contribution < 1.29 is 14.5 Å². The van der Waals surface area contributed by atoms with Gasteiger partial charge in [-0.3, -0.25) is 14.9 Å². The SMILES string of the molecule is O=C(COc1ccc(-c2ccccc2)cc1Br)Nc1cccc([N+](=O)[O-])c1. The maximum Gasteiger partial charge on any atom is 0.271 e. The summed E-state index contributed by atoms with van der Waals surface area (Å²) in [4.78, 5) is 22.3. The van der Waals surface area contributed by atoms with Gasteiger partial charge in [0.1, 0.15) is 5.75 Å². The quantitative estimate of drug-likeness (QED) is 0.441. The van der Waals surface area contributed by atoms with Crippen LogP contribution in [0.4, 0.5) is 11.4 Å². The van der Waals surface area contributed by atoms with Gasteiger partial charge in [-0.15, -0.1) is 0 Å². The molecule has 3 rings (SSSR count). The van der Waals surface area contributed by atoms with Crippen LogP contribution in [0.5, 0.6) is 5.75 Å². The number of hydrogen-bond donors (Lipinski definition) is 1. The first kappa shape index (κ1) is 18.6. The summed E-state index contributed by atoms with van der Waals surface area (Å²) < 4.78 is 6.28. The topological polar surface area (TPSA) is 81.5 Å². The van der Waals surface area contributed by atoms with Crippen LogP contribution in [0.2, 0.25) is 0 Å². The summed E-state index contributed by atoms with van der Waals surface area (Å²) in [6, 6.07) is 21.3. The molecule has 0 saturated carbocycles. The summed E-state index contributed by atoms with van der Waals surface area (Å²) in [6.07, 6.45) is 0. The van der Waals surface area contributed by atoms with Gasteiger partial charge < -0.3 is 10.1 Å². The number of non-ortho nitro benzene ring substituents is 1. The third kappa shape index (κ3) is 4.92. The molecular weight excluding hydrogens is 412 g/mol. The first-order chi connectivity index (χ1) is 13.0. The molecule has 7 heteroatoms. The average molecular weight is 427 g/mol. The lowest BCUT2D eigenvalue weighted by Gasteiger charge is -2.10. The summed E-state index contributed by atoms with van der Waals surface area (Å²) >= 11 is 3.46. The van der Waals surface area contributed by atoms with Crippen molar-refractivity contribution in [2.45, 2.75) is 0 Å². The molecule has 27 heavy (non-hydrogen) atoms. The van der Waals surface area contributed by atoms with Crippen LogP contribution in [0.1, 0.15) is 0 Å². The lowest BCUT2D eigenvalue weighted by molar-refractivity contribution is -0.384. The van der Waals surface area contributed by atoms with Crippen molar-refractivity contribution in [3.8, 4) is 16.9 Å². The zero-order chi connectivity index (χ0) is 19.2. The van der Waals surface area contributed by atoms with Crippen LogP contribution in [0.15, 0.2) is 77.3 Å². The Labute approximate surface area is 164 Å². The first-order valence-electron chi connectivity index (χ1n) is 8.05. The highest BCUT2D eigenvalue weighted by Crippen LogP contribution is 2.30. The van der Waals surface area contributed by atoms with Gasteiger partial charge in [-0.1, -0.05) is 42.5 Å². The third-order valence-corrected chi connectivity index (χ3v) is 4.36. The molecule has 0 fully saturated rings. The van der Waals surface area contributed by atoms with Gasteiger partial charge in [0, 0.05) is 17.8 Å². The van der Waals surface area contributed by atoms with Crippen LogP contribution < -0.4 is 10.1 Å². The molecule has 0 aromatic heterocycles. The Morgan fingerprint density at radius 2 is 1.78 bits per heavy atom. The van der Waals surface area contributed by atoms with Crippen molar-refractivity contribution in [2.24, 2.45) is 0 Å². The molecule has 0 aliphatic heterocycles. The lowest BCUT2D eigenvalue weighted by atomic mass is 10.1. The second-order valence-electron chi connectivity index (χ2n) is 5.66. The summed E-state index contributed by atoms with van der Waals surface area (Å²) in [5.41, 5.74) is 2.35. The number of hydrogen-bond acceptors (Lipinski definition) is 4. The zero-order valence-electron chi connectivity index (χ0n) is 14.1. The Bertz CT molecular complexity index is 977. The zero-order valence-corrected chi connectivity index (χ0v) is 15.7. The van der Waals surface area contributed by atoms with Crippen molar-refractivity contribution in [2.75, 3.05) is 11.9 Å². The second kappa shape index (κ2) is 8.46. The van der Waals surface area contributed by atoms with Crippen molar-refractivity contribution in [3.63, 3.8) is 0 Å². The number of nitrogens with zero attached hydrogens (tertiary/aromatic N) is 1. The van der Waals surface area contributed by atoms with E-state index in [0.29, 0.717) is 11.4 Å². The third-order valence-electron chi connectivity index (χ3n) is 3.74. The van der Waals surface area contributed by atoms with Gasteiger partial charge in [-0.25, -0.2) is 0 Å². The Morgan fingerprint density at radius 3 is 2.48 bits per heavy atom. The van der Waals surface area contributed by atoms with Gasteiger partial charge in [0.25, 0.3) is 11.6 Å². The molecule has 3 aromatic carbocycles. The highest BCUT2D eigenvalue weighted by molar-refractivity contribution is 9.10. The van der Waals surface area contributed by atoms with Gasteiger partial charge in [-0.05, 0) is 45.3 Å². The van der Waals surface area contributed by atoms with E-state index in [1.165, 1.54) is 18.2 Å². The molecule has 0 bridgehead atoms. The Kier molecular flexibility index (Phi) is 5.83. The maximum absolute atomic E-state index is 12.0. The van der Waals surface area contributed by atoms with Crippen LogP contribution >= 0.6 is 15.9 Å². The first-order valence-corrected chi connectivity index (χ1v) is 8.84. The van der Waals surface area contributed by atoms with E-state index in [9.17, 15) is 14.9 Å². The lowest BCUT2D eigenvalue weighted by Crippen LogP contribution is -2.20. The minimum atomic E-state index is -0.516. The van der Waals surface area contributed by atoms with Crippen molar-refractivity contribution in [1.29, 1.82) is 0 Å². The fraction of sp³-hybridized carbons (Fsp3) is 0.0500. The predicted octanol–water partition coefficient (Wildman–Crippen LogP) is 5.04. The molecule has 0 atom stereocenters. The van der Waals surface area contributed by atoms with E-state index in [0.717, 1.165) is 15.6 Å². The van der Waals surface area contributed by atoms with Gasteiger partial charge in [0.15, 0.2) is 6.61 Å². The molecule has 0 spiro atoms. The summed E-state index contributed by atoms with van der Waals surface area (Å²) in [7, 11) is 0. The van der Waals surface area contributed by atoms with Gasteiger partial charge in [-0.2, -0.15) is 0 Å². The van der Waals surface area contributed by atoms with E-state index in [1.54, 1.807) is 12.1 Å². The number of carbonyl (C=O) groups excluding carboxylic acids is 1. The van der Waals surface area contributed by atoms with Crippen LogP contribution in [0.25, 0.3) is 11.1 Å². The molecule has 0 heterocycles. The molecule has 6 nitrogen and oxygen atoms in total. The largest absolute Gasteiger partial charge is 0.483 e. The molecule has 0 saturated heterocycles. The molecule has 0 aliphatic carbocycles. The summed E-state index contributed by atoms with van der Waals surface area (Å²) in [6.45, 7) is -0.216. The van der Waals surface area contributed by atoms with E-state index >= 15 is 0 Å². The molecule has 136 valence electrons. The second-order valence-corrected chi connectivity index (χ2v) is 6.51. The number of halogens is 1. The van der Waals surface area contributed by atoms with Crippen LogP contribution in [0, 0.1) is 10.1 Å². The van der Waals surface area contributed by atoms with Crippen LogP contribution in [-0.2, 0) is 4.79 Å². The van der Waals surface area contributed by atoms with Crippen molar-refractivity contribution in [1.82, 2.24) is 0 Å². The summed E-state index contributed by atoms with van der Waals surface area (Å²) in [5, 5.41) is 13.4. The molecular formula is C20H15BrN2O4. The number of carbonyl (C=O) groups is 1. The number of anilines is 1. The van der Waals surface area contributed by atoms with E-state index in [-0.39, 0.29) is 12.3 Å². The smallest absolute Gasteiger partial charge is 0.271 e. The molecule has 0 radical (unpaired) electrons. The number of nitro benzene ring substituents is 1. The van der Waals surface area contributed by atoms with Crippen molar-refractivity contribution >= 4 is 33.2 Å². The monoisotopic (exact) mass is 426 g/mol. The minimum Gasteiger partial charge on any atom is -0.483 e. The van der Waals surface area contributed by atoms with E-state index in [2.05, 4.69) is 21.2 Å². The number of nitrogens with one attached hydrogen (secondary N) is 1. The average Bonchev–Trinajstić information content (AvgIpc) is 2.68. The number of ether oxygens (including phenoxy) is 1. The van der Waals surface area contributed by atoms with E-state index in [1.807, 2.05) is 42.5 Å². The fourth-order valence-electron chi connectivity index (χ4n) is 2.47. The summed E-state index contributed by atoms with van der Waals surface area (Å²) in [5.74, 6) is 0.124. The normalized spacial score (nSPS) is 10.3. The molecule has 1 N–H and O–H groups in total. The predicted molar refractivity (Wildman–Crippen MR) is 107 cm³/mol. The fourth-order valence-corrected chi connectivity index (χ4v) is 2.96. The van der Waals surface area contributed by atoms with Crippen LogP contribution in [0.3, 0.4) is 0 Å². The highest BCUT2D eigenvalue weighted by Gasteiger charge is 2.10. The Morgan fingerprint density at radius 1 is 1.00 bits per heavy atom. The Hall–Kier alpha value is -3.19. The minimum absolute atomic E-state index is 0.0898. The number of rotatable bonds is 6. The van der Waals surface area contributed by atoms with Gasteiger partial charge in [0.05, 0.1) is 9.40 Å². The van der Waals surface area contributed by atoms with Gasteiger partial charge in [0.2, 0.25) is 0 Å². The van der Waals surface area contributed by atoms with E-state index < -0.39 is 10.8 Å². The molecule has 3 aromatic rings. The standard InChI is InChI=1S/C20H15BrN2O4/c21-18-11-15(14-5-2-1-3-6-14)9-10-19(18)27-13-20(24)22-16-7-4-8-17(12-16)23(25)26/h1-12H,13H2,(H,22,24). The number of nitro groups is 1. The Balaban J connectivity index is 1.62. The van der Waals surface area contributed by atoms with E-state index in [4.69, 9.17) is 4.74 Å². The molecule has 1 amide bonds.